The van der Waals surface area contributed by atoms with Crippen LogP contribution >= 0.6 is 0 Å². The van der Waals surface area contributed by atoms with E-state index in [-0.39, 0.29) is 11.4 Å². The largest absolute Gasteiger partial charge is 0.477 e. The Bertz CT molecular complexity index is 611. The lowest BCUT2D eigenvalue weighted by atomic mass is 10.1. The van der Waals surface area contributed by atoms with Crippen LogP contribution in [0.4, 0.5) is 0 Å². The van der Waals surface area contributed by atoms with Gasteiger partial charge in [0.2, 0.25) is 0 Å². The second kappa shape index (κ2) is 4.62. The Morgan fingerprint density at radius 3 is 2.39 bits per heavy atom. The molecule has 18 heavy (non-hydrogen) atoms. The van der Waals surface area contributed by atoms with E-state index in [1.165, 1.54) is 18.3 Å². The zero-order valence-electron chi connectivity index (χ0n) is 9.07. The summed E-state index contributed by atoms with van der Waals surface area (Å²) in [6.45, 7) is 0. The first kappa shape index (κ1) is 11.7. The summed E-state index contributed by atoms with van der Waals surface area (Å²) in [4.78, 5) is 29.4. The van der Waals surface area contributed by atoms with Crippen molar-refractivity contribution in [2.75, 3.05) is 0 Å². The fourth-order valence-electron chi connectivity index (χ4n) is 1.50. The number of hydrogen-bond donors (Lipinski definition) is 2. The maximum atomic E-state index is 11.1. The number of aromatic nitrogens is 2. The number of carbonyl (C=O) groups is 2. The molecule has 2 aromatic rings. The van der Waals surface area contributed by atoms with Gasteiger partial charge in [0, 0.05) is 23.5 Å². The molecule has 90 valence electrons. The summed E-state index contributed by atoms with van der Waals surface area (Å²) in [6.07, 6.45) is 3.05. The molecule has 0 radical (unpaired) electrons. The van der Waals surface area contributed by atoms with Crippen molar-refractivity contribution in [1.82, 2.24) is 9.97 Å². The molecule has 2 N–H and O–H groups in total. The van der Waals surface area contributed by atoms with Gasteiger partial charge in [0.25, 0.3) is 0 Å². The molecule has 2 heterocycles. The SMILES string of the molecule is O=C(O)c1ccc(-c2cccnc2)c(C(=O)O)n1. The first-order valence-electron chi connectivity index (χ1n) is 4.97. The van der Waals surface area contributed by atoms with Gasteiger partial charge in [0.15, 0.2) is 5.69 Å². The van der Waals surface area contributed by atoms with Crippen molar-refractivity contribution in [2.45, 2.75) is 0 Å². The van der Waals surface area contributed by atoms with Crippen molar-refractivity contribution in [2.24, 2.45) is 0 Å². The Morgan fingerprint density at radius 2 is 1.83 bits per heavy atom. The molecule has 2 aromatic heterocycles. The van der Waals surface area contributed by atoms with Crippen LogP contribution in [0.2, 0.25) is 0 Å². The molecule has 0 spiro atoms. The van der Waals surface area contributed by atoms with Crippen LogP contribution in [0.3, 0.4) is 0 Å². The van der Waals surface area contributed by atoms with Gasteiger partial charge in [-0.25, -0.2) is 14.6 Å². The summed E-state index contributed by atoms with van der Waals surface area (Å²) in [6, 6.07) is 6.01. The van der Waals surface area contributed by atoms with Crippen LogP contribution in [0.5, 0.6) is 0 Å². The highest BCUT2D eigenvalue weighted by molar-refractivity contribution is 5.96. The molecule has 0 unspecified atom stereocenters. The summed E-state index contributed by atoms with van der Waals surface area (Å²) >= 11 is 0. The highest BCUT2D eigenvalue weighted by Gasteiger charge is 2.16. The molecule has 0 atom stereocenters. The topological polar surface area (TPSA) is 100 Å². The third-order valence-electron chi connectivity index (χ3n) is 2.29. The maximum absolute atomic E-state index is 11.1. The van der Waals surface area contributed by atoms with Gasteiger partial charge in [-0.3, -0.25) is 4.98 Å². The highest BCUT2D eigenvalue weighted by Crippen LogP contribution is 2.22. The number of hydrogen-bond acceptors (Lipinski definition) is 4. The monoisotopic (exact) mass is 244 g/mol. The second-order valence-electron chi connectivity index (χ2n) is 3.44. The standard InChI is InChI=1S/C12H8N2O4/c15-11(16)9-4-3-8(10(14-9)12(17)18)7-2-1-5-13-6-7/h1-6H,(H,15,16)(H,17,18). The molecular weight excluding hydrogens is 236 g/mol. The van der Waals surface area contributed by atoms with Gasteiger partial charge >= 0.3 is 11.9 Å². The van der Waals surface area contributed by atoms with Crippen LogP contribution < -0.4 is 0 Å². The summed E-state index contributed by atoms with van der Waals surface area (Å²) in [5.41, 5.74) is 0.294. The lowest BCUT2D eigenvalue weighted by Crippen LogP contribution is -2.09. The van der Waals surface area contributed by atoms with E-state index < -0.39 is 11.9 Å². The van der Waals surface area contributed by atoms with Crippen LogP contribution in [-0.4, -0.2) is 32.1 Å². The van der Waals surface area contributed by atoms with Gasteiger partial charge in [0.1, 0.15) is 5.69 Å². The van der Waals surface area contributed by atoms with E-state index in [4.69, 9.17) is 10.2 Å². The molecule has 0 saturated carbocycles. The second-order valence-corrected chi connectivity index (χ2v) is 3.44. The van der Waals surface area contributed by atoms with E-state index in [9.17, 15) is 9.59 Å². The van der Waals surface area contributed by atoms with Gasteiger partial charge in [0.05, 0.1) is 0 Å². The first-order valence-corrected chi connectivity index (χ1v) is 4.97. The van der Waals surface area contributed by atoms with E-state index in [0.717, 1.165) is 0 Å². The van der Waals surface area contributed by atoms with E-state index >= 15 is 0 Å². The number of aromatic carboxylic acids is 2. The predicted molar refractivity (Wildman–Crippen MR) is 61.4 cm³/mol. The van der Waals surface area contributed by atoms with Gasteiger partial charge < -0.3 is 10.2 Å². The Hall–Kier alpha value is -2.76. The van der Waals surface area contributed by atoms with E-state index in [2.05, 4.69) is 9.97 Å². The summed E-state index contributed by atoms with van der Waals surface area (Å²) < 4.78 is 0. The number of carboxylic acid groups (broad SMARTS) is 2. The normalized spacial score (nSPS) is 10.0. The Balaban J connectivity index is 2.61. The molecule has 6 heteroatoms. The zero-order valence-corrected chi connectivity index (χ0v) is 9.07. The zero-order chi connectivity index (χ0) is 13.1. The molecule has 0 aliphatic heterocycles. The van der Waals surface area contributed by atoms with E-state index in [0.29, 0.717) is 11.1 Å². The van der Waals surface area contributed by atoms with Crippen LogP contribution in [0.25, 0.3) is 11.1 Å². The highest BCUT2D eigenvalue weighted by atomic mass is 16.4. The lowest BCUT2D eigenvalue weighted by Gasteiger charge is -2.05. The molecule has 0 aromatic carbocycles. The number of rotatable bonds is 3. The Morgan fingerprint density at radius 1 is 1.06 bits per heavy atom. The number of nitrogens with zero attached hydrogens (tertiary/aromatic N) is 2. The van der Waals surface area contributed by atoms with Crippen molar-refractivity contribution < 1.29 is 19.8 Å². The lowest BCUT2D eigenvalue weighted by molar-refractivity contribution is 0.0686. The third-order valence-corrected chi connectivity index (χ3v) is 2.29. The quantitative estimate of drug-likeness (QED) is 0.849. The minimum Gasteiger partial charge on any atom is -0.477 e. The van der Waals surface area contributed by atoms with Gasteiger partial charge in [-0.05, 0) is 18.2 Å². The average molecular weight is 244 g/mol. The van der Waals surface area contributed by atoms with Crippen LogP contribution in [0.1, 0.15) is 21.0 Å². The Labute approximate surface area is 102 Å². The summed E-state index contributed by atoms with van der Waals surface area (Å²) in [5.74, 6) is -2.55. The predicted octanol–water partition coefficient (Wildman–Crippen LogP) is 1.54. The fourth-order valence-corrected chi connectivity index (χ4v) is 1.50. The first-order chi connectivity index (χ1) is 8.59. The minimum absolute atomic E-state index is 0.303. The average Bonchev–Trinajstić information content (AvgIpc) is 2.39. The van der Waals surface area contributed by atoms with Crippen LogP contribution in [0.15, 0.2) is 36.7 Å². The Kier molecular flexibility index (Phi) is 3.01. The molecule has 0 aliphatic rings. The summed E-state index contributed by atoms with van der Waals surface area (Å²) in [7, 11) is 0. The molecule has 0 aliphatic carbocycles. The van der Waals surface area contributed by atoms with Gasteiger partial charge in [-0.15, -0.1) is 0 Å². The minimum atomic E-state index is -1.28. The molecule has 0 bridgehead atoms. The van der Waals surface area contributed by atoms with Crippen molar-refractivity contribution in [3.05, 3.63) is 48.0 Å². The third kappa shape index (κ3) is 2.17. The fraction of sp³-hybridized carbons (Fsp3) is 0. The van der Waals surface area contributed by atoms with Crippen molar-refractivity contribution in [3.63, 3.8) is 0 Å². The number of carboxylic acids is 2. The van der Waals surface area contributed by atoms with Gasteiger partial charge in [-0.2, -0.15) is 0 Å². The molecule has 0 saturated heterocycles. The van der Waals surface area contributed by atoms with Crippen LogP contribution in [0, 0.1) is 0 Å². The van der Waals surface area contributed by atoms with Crippen molar-refractivity contribution in [1.29, 1.82) is 0 Å². The van der Waals surface area contributed by atoms with Crippen molar-refractivity contribution >= 4 is 11.9 Å². The van der Waals surface area contributed by atoms with E-state index in [1.807, 2.05) is 0 Å². The van der Waals surface area contributed by atoms with Crippen LogP contribution in [-0.2, 0) is 0 Å². The molecular formula is C12H8N2O4. The molecule has 0 amide bonds. The van der Waals surface area contributed by atoms with Gasteiger partial charge in [-0.1, -0.05) is 6.07 Å². The number of pyridine rings is 2. The maximum Gasteiger partial charge on any atom is 0.355 e. The van der Waals surface area contributed by atoms with Crippen molar-refractivity contribution in [3.8, 4) is 11.1 Å². The molecule has 2 rings (SSSR count). The molecule has 6 nitrogen and oxygen atoms in total. The van der Waals surface area contributed by atoms with E-state index in [1.54, 1.807) is 18.3 Å². The smallest absolute Gasteiger partial charge is 0.355 e. The summed E-state index contributed by atoms with van der Waals surface area (Å²) in [5, 5.41) is 17.8. The molecule has 0 fully saturated rings.